The minimum Gasteiger partial charge on any atom is -0.314 e. The first kappa shape index (κ1) is 17.0. The van der Waals surface area contributed by atoms with E-state index in [2.05, 4.69) is 0 Å². The van der Waals surface area contributed by atoms with Crippen LogP contribution >= 0.6 is 0 Å². The molecule has 0 spiro atoms. The third-order valence-corrected chi connectivity index (χ3v) is 4.45. The van der Waals surface area contributed by atoms with Gasteiger partial charge in [0, 0.05) is 12.7 Å². The van der Waals surface area contributed by atoms with E-state index in [1.165, 1.54) is 17.0 Å². The zero-order valence-electron chi connectivity index (χ0n) is 12.8. The Balaban J connectivity index is 2.25. The van der Waals surface area contributed by atoms with Crippen molar-refractivity contribution in [3.8, 4) is 0 Å². The Bertz CT molecular complexity index is 777. The number of halogens is 1. The molecule has 0 unspecified atom stereocenters. The smallest absolute Gasteiger partial charge is 0.247 e. The first-order chi connectivity index (χ1) is 10.8. The number of hydrogen-bond donors (Lipinski definition) is 0. The van der Waals surface area contributed by atoms with Gasteiger partial charge in [-0.1, -0.05) is 18.2 Å². The van der Waals surface area contributed by atoms with Crippen molar-refractivity contribution in [2.75, 3.05) is 29.1 Å². The van der Waals surface area contributed by atoms with Gasteiger partial charge in [0.15, 0.2) is 0 Å². The van der Waals surface area contributed by atoms with Gasteiger partial charge in [-0.2, -0.15) is 0 Å². The molecule has 0 heterocycles. The van der Waals surface area contributed by atoms with Crippen molar-refractivity contribution < 1.29 is 17.6 Å². The lowest BCUT2D eigenvalue weighted by atomic mass is 10.3. The first-order valence-corrected chi connectivity index (χ1v) is 8.69. The maximum Gasteiger partial charge on any atom is 0.247 e. The summed E-state index contributed by atoms with van der Waals surface area (Å²) in [5, 5.41) is 0. The molecule has 0 saturated heterocycles. The summed E-state index contributed by atoms with van der Waals surface area (Å²) in [5.74, 6) is -0.874. The number of carbonyl (C=O) groups is 1. The second-order valence-electron chi connectivity index (χ2n) is 5.03. The van der Waals surface area contributed by atoms with Crippen molar-refractivity contribution in [3.05, 3.63) is 60.4 Å². The highest BCUT2D eigenvalue weighted by atomic mass is 32.2. The summed E-state index contributed by atoms with van der Waals surface area (Å²) < 4.78 is 37.9. The van der Waals surface area contributed by atoms with E-state index in [4.69, 9.17) is 0 Å². The number of anilines is 2. The van der Waals surface area contributed by atoms with Crippen molar-refractivity contribution in [2.45, 2.75) is 0 Å². The Morgan fingerprint density at radius 3 is 2.09 bits per heavy atom. The molecule has 23 heavy (non-hydrogen) atoms. The second-order valence-corrected chi connectivity index (χ2v) is 6.94. The van der Waals surface area contributed by atoms with Crippen LogP contribution in [0.2, 0.25) is 0 Å². The number of sulfonamides is 1. The fourth-order valence-electron chi connectivity index (χ4n) is 2.03. The van der Waals surface area contributed by atoms with E-state index >= 15 is 0 Å². The standard InChI is InChI=1S/C16H17FN2O3S/c1-18(14-6-4-3-5-7-14)16(20)12-19(23(2,21)22)15-10-8-13(17)9-11-15/h3-11H,12H2,1-2H3. The molecule has 0 aromatic heterocycles. The monoisotopic (exact) mass is 336 g/mol. The van der Waals surface area contributed by atoms with E-state index < -0.39 is 21.7 Å². The number of nitrogens with zero attached hydrogens (tertiary/aromatic N) is 2. The van der Waals surface area contributed by atoms with Gasteiger partial charge in [-0.3, -0.25) is 9.10 Å². The molecule has 0 bridgehead atoms. The average molecular weight is 336 g/mol. The van der Waals surface area contributed by atoms with Gasteiger partial charge in [0.1, 0.15) is 12.4 Å². The molecule has 0 aliphatic heterocycles. The number of rotatable bonds is 5. The van der Waals surface area contributed by atoms with Gasteiger partial charge >= 0.3 is 0 Å². The van der Waals surface area contributed by atoms with E-state index in [1.54, 1.807) is 31.3 Å². The number of para-hydroxylation sites is 1. The minimum absolute atomic E-state index is 0.240. The average Bonchev–Trinajstić information content (AvgIpc) is 2.52. The molecule has 1 amide bonds. The van der Waals surface area contributed by atoms with E-state index in [0.717, 1.165) is 22.7 Å². The van der Waals surface area contributed by atoms with Crippen LogP contribution in [0.15, 0.2) is 54.6 Å². The molecule has 0 atom stereocenters. The van der Waals surface area contributed by atoms with Crippen LogP contribution in [0.25, 0.3) is 0 Å². The Kier molecular flexibility index (Phi) is 5.00. The Morgan fingerprint density at radius 2 is 1.57 bits per heavy atom. The molecule has 0 aliphatic carbocycles. The molecular weight excluding hydrogens is 319 g/mol. The van der Waals surface area contributed by atoms with E-state index in [9.17, 15) is 17.6 Å². The van der Waals surface area contributed by atoms with Gasteiger partial charge in [-0.25, -0.2) is 12.8 Å². The number of amides is 1. The van der Waals surface area contributed by atoms with Crippen molar-refractivity contribution in [1.29, 1.82) is 0 Å². The van der Waals surface area contributed by atoms with Crippen LogP contribution in [0.1, 0.15) is 0 Å². The third kappa shape index (κ3) is 4.29. The van der Waals surface area contributed by atoms with Gasteiger partial charge in [0.05, 0.1) is 11.9 Å². The largest absolute Gasteiger partial charge is 0.314 e. The van der Waals surface area contributed by atoms with E-state index in [1.807, 2.05) is 6.07 Å². The van der Waals surface area contributed by atoms with Crippen molar-refractivity contribution in [3.63, 3.8) is 0 Å². The zero-order valence-corrected chi connectivity index (χ0v) is 13.6. The molecule has 0 fully saturated rings. The molecule has 2 aromatic rings. The van der Waals surface area contributed by atoms with Crippen LogP contribution in [0, 0.1) is 5.82 Å². The molecule has 7 heteroatoms. The number of benzene rings is 2. The molecule has 2 aromatic carbocycles. The number of carbonyl (C=O) groups excluding carboxylic acids is 1. The van der Waals surface area contributed by atoms with E-state index in [0.29, 0.717) is 5.69 Å². The number of likely N-dealkylation sites (N-methyl/N-ethyl adjacent to an activating group) is 1. The summed E-state index contributed by atoms with van der Waals surface area (Å²) in [7, 11) is -2.11. The fraction of sp³-hybridized carbons (Fsp3) is 0.188. The predicted molar refractivity (Wildman–Crippen MR) is 88.4 cm³/mol. The summed E-state index contributed by atoms with van der Waals surface area (Å²) in [6.45, 7) is -0.365. The normalized spacial score (nSPS) is 11.1. The lowest BCUT2D eigenvalue weighted by Crippen LogP contribution is -2.41. The zero-order chi connectivity index (χ0) is 17.0. The minimum atomic E-state index is -3.68. The van der Waals surface area contributed by atoms with Gasteiger partial charge in [0.25, 0.3) is 0 Å². The fourth-order valence-corrected chi connectivity index (χ4v) is 2.88. The molecule has 0 saturated carbocycles. The van der Waals surface area contributed by atoms with E-state index in [-0.39, 0.29) is 12.2 Å². The lowest BCUT2D eigenvalue weighted by molar-refractivity contribution is -0.116. The third-order valence-electron chi connectivity index (χ3n) is 3.31. The van der Waals surface area contributed by atoms with Crippen LogP contribution < -0.4 is 9.21 Å². The lowest BCUT2D eigenvalue weighted by Gasteiger charge is -2.25. The van der Waals surface area contributed by atoms with Gasteiger partial charge in [-0.15, -0.1) is 0 Å². The highest BCUT2D eigenvalue weighted by molar-refractivity contribution is 7.92. The van der Waals surface area contributed by atoms with Crippen LogP contribution in [-0.4, -0.2) is 34.2 Å². The van der Waals surface area contributed by atoms with Crippen LogP contribution in [0.4, 0.5) is 15.8 Å². The van der Waals surface area contributed by atoms with Crippen LogP contribution in [-0.2, 0) is 14.8 Å². The predicted octanol–water partition coefficient (Wildman–Crippen LogP) is 2.25. The van der Waals surface area contributed by atoms with Gasteiger partial charge in [0.2, 0.25) is 15.9 Å². The second kappa shape index (κ2) is 6.78. The SMILES string of the molecule is CN(C(=O)CN(c1ccc(F)cc1)S(C)(=O)=O)c1ccccc1. The maximum absolute atomic E-state index is 13.0. The molecule has 0 N–H and O–H groups in total. The first-order valence-electron chi connectivity index (χ1n) is 6.84. The summed E-state index contributed by atoms with van der Waals surface area (Å²) in [6.07, 6.45) is 1.01. The van der Waals surface area contributed by atoms with Crippen LogP contribution in [0.5, 0.6) is 0 Å². The quantitative estimate of drug-likeness (QED) is 0.841. The topological polar surface area (TPSA) is 57.7 Å². The molecule has 0 aliphatic rings. The molecule has 2 rings (SSSR count). The van der Waals surface area contributed by atoms with Gasteiger partial charge in [-0.05, 0) is 36.4 Å². The summed E-state index contributed by atoms with van der Waals surface area (Å²) in [6, 6.07) is 13.8. The van der Waals surface area contributed by atoms with Crippen LogP contribution in [0.3, 0.4) is 0 Å². The molecule has 5 nitrogen and oxygen atoms in total. The highest BCUT2D eigenvalue weighted by Crippen LogP contribution is 2.19. The number of hydrogen-bond acceptors (Lipinski definition) is 3. The van der Waals surface area contributed by atoms with Gasteiger partial charge < -0.3 is 4.90 Å². The summed E-state index contributed by atoms with van der Waals surface area (Å²) in [5.41, 5.74) is 0.897. The summed E-state index contributed by atoms with van der Waals surface area (Å²) >= 11 is 0. The molecular formula is C16H17FN2O3S. The Labute approximate surface area is 135 Å². The molecule has 122 valence electrons. The van der Waals surface area contributed by atoms with Crippen molar-refractivity contribution in [2.24, 2.45) is 0 Å². The summed E-state index contributed by atoms with van der Waals surface area (Å²) in [4.78, 5) is 13.8. The van der Waals surface area contributed by atoms with Crippen molar-refractivity contribution >= 4 is 27.3 Å². The highest BCUT2D eigenvalue weighted by Gasteiger charge is 2.23. The van der Waals surface area contributed by atoms with Crippen molar-refractivity contribution in [1.82, 2.24) is 0 Å². The molecule has 0 radical (unpaired) electrons. The Hall–Kier alpha value is -2.41. The maximum atomic E-state index is 13.0. The Morgan fingerprint density at radius 1 is 1.00 bits per heavy atom.